The highest BCUT2D eigenvalue weighted by Gasteiger charge is 2.46. The first-order chi connectivity index (χ1) is 5.23. The highest BCUT2D eigenvalue weighted by Crippen LogP contribution is 2.38. The van der Waals surface area contributed by atoms with Crippen molar-refractivity contribution in [1.82, 2.24) is 0 Å². The summed E-state index contributed by atoms with van der Waals surface area (Å²) < 4.78 is 30.8. The Morgan fingerprint density at radius 3 is 2.00 bits per heavy atom. The van der Waals surface area contributed by atoms with Gasteiger partial charge in [-0.05, 0) is 27.7 Å². The van der Waals surface area contributed by atoms with Crippen LogP contribution in [0, 0.1) is 5.41 Å². The van der Waals surface area contributed by atoms with E-state index in [1.165, 1.54) is 19.9 Å². The lowest BCUT2D eigenvalue weighted by Gasteiger charge is -2.31. The van der Waals surface area contributed by atoms with Gasteiger partial charge in [0.05, 0.1) is 11.5 Å². The maximum Gasteiger partial charge on any atom is 0.364 e. The van der Waals surface area contributed by atoms with Gasteiger partial charge in [0.2, 0.25) is 0 Å². The lowest BCUT2D eigenvalue weighted by molar-refractivity contribution is -0.301. The molecule has 0 saturated heterocycles. The second-order valence-electron chi connectivity index (χ2n) is 3.61. The van der Waals surface area contributed by atoms with E-state index < -0.39 is 17.6 Å². The highest BCUT2D eigenvalue weighted by molar-refractivity contribution is 4.94. The topological polar surface area (TPSA) is 9.23 Å². The summed E-state index contributed by atoms with van der Waals surface area (Å²) in [5.74, 6) is 0. The minimum absolute atomic E-state index is 0.487. The molecule has 0 rings (SSSR count). The Labute approximate surface area is 72.4 Å². The van der Waals surface area contributed by atoms with Crippen LogP contribution in [0.15, 0.2) is 12.7 Å². The van der Waals surface area contributed by atoms with Crippen molar-refractivity contribution in [2.45, 2.75) is 39.9 Å². The van der Waals surface area contributed by atoms with Crippen molar-refractivity contribution < 1.29 is 13.5 Å². The molecule has 0 unspecified atom stereocenters. The van der Waals surface area contributed by atoms with Crippen LogP contribution < -0.4 is 0 Å². The smallest absolute Gasteiger partial charge is 0.317 e. The van der Waals surface area contributed by atoms with Gasteiger partial charge in [0.15, 0.2) is 0 Å². The Hall–Kier alpha value is -0.440. The minimum Gasteiger partial charge on any atom is -0.317 e. The van der Waals surface area contributed by atoms with E-state index in [-0.39, 0.29) is 0 Å². The van der Waals surface area contributed by atoms with Gasteiger partial charge in [-0.2, -0.15) is 8.78 Å². The van der Waals surface area contributed by atoms with Crippen LogP contribution in [0.25, 0.3) is 0 Å². The zero-order chi connectivity index (χ0) is 9.99. The van der Waals surface area contributed by atoms with Crippen molar-refractivity contribution in [2.75, 3.05) is 0 Å². The standard InChI is InChI=1S/C9H16F2O/c1-6-8(4,5)9(10,11)12-7(2)3/h6-7H,1H2,2-5H3. The van der Waals surface area contributed by atoms with Crippen LogP contribution in [-0.2, 0) is 4.74 Å². The van der Waals surface area contributed by atoms with E-state index >= 15 is 0 Å². The zero-order valence-electron chi connectivity index (χ0n) is 8.03. The third-order valence-electron chi connectivity index (χ3n) is 1.64. The molecule has 0 aromatic carbocycles. The van der Waals surface area contributed by atoms with Crippen molar-refractivity contribution in [3.8, 4) is 0 Å². The Bertz CT molecular complexity index is 162. The lowest BCUT2D eigenvalue weighted by atomic mass is 9.92. The van der Waals surface area contributed by atoms with Crippen molar-refractivity contribution >= 4 is 0 Å². The van der Waals surface area contributed by atoms with Crippen molar-refractivity contribution in [3.05, 3.63) is 12.7 Å². The molecule has 0 N–H and O–H groups in total. The maximum absolute atomic E-state index is 13.2. The first-order valence-corrected chi connectivity index (χ1v) is 3.92. The minimum atomic E-state index is -3.15. The van der Waals surface area contributed by atoms with Gasteiger partial charge in [-0.15, -0.1) is 6.58 Å². The van der Waals surface area contributed by atoms with Crippen LogP contribution >= 0.6 is 0 Å². The van der Waals surface area contributed by atoms with Crippen molar-refractivity contribution in [3.63, 3.8) is 0 Å². The average Bonchev–Trinajstić information content (AvgIpc) is 1.84. The number of rotatable bonds is 4. The number of halogens is 2. The molecule has 0 saturated carbocycles. The van der Waals surface area contributed by atoms with Crippen LogP contribution in [0.2, 0.25) is 0 Å². The van der Waals surface area contributed by atoms with E-state index in [0.29, 0.717) is 0 Å². The fourth-order valence-electron chi connectivity index (χ4n) is 0.567. The molecule has 0 amide bonds. The van der Waals surface area contributed by atoms with Crippen LogP contribution in [0.5, 0.6) is 0 Å². The predicted molar refractivity (Wildman–Crippen MR) is 45.1 cm³/mol. The summed E-state index contributed by atoms with van der Waals surface area (Å²) in [6.07, 6.45) is -2.43. The summed E-state index contributed by atoms with van der Waals surface area (Å²) in [4.78, 5) is 0. The molecule has 0 bridgehead atoms. The molecular weight excluding hydrogens is 162 g/mol. The zero-order valence-corrected chi connectivity index (χ0v) is 8.03. The molecule has 3 heteroatoms. The van der Waals surface area contributed by atoms with Crippen LogP contribution in [0.4, 0.5) is 8.78 Å². The van der Waals surface area contributed by atoms with Crippen molar-refractivity contribution in [2.24, 2.45) is 5.41 Å². The monoisotopic (exact) mass is 178 g/mol. The molecule has 0 aliphatic rings. The lowest BCUT2D eigenvalue weighted by Crippen LogP contribution is -2.39. The SMILES string of the molecule is C=CC(C)(C)C(F)(F)OC(C)C. The normalized spacial score (nSPS) is 13.6. The van der Waals surface area contributed by atoms with Crippen LogP contribution in [0.1, 0.15) is 27.7 Å². The Morgan fingerprint density at radius 2 is 1.75 bits per heavy atom. The molecule has 0 heterocycles. The molecule has 1 nitrogen and oxygen atoms in total. The van der Waals surface area contributed by atoms with E-state index in [1.54, 1.807) is 13.8 Å². The summed E-state index contributed by atoms with van der Waals surface area (Å²) in [5.41, 5.74) is -1.32. The quantitative estimate of drug-likeness (QED) is 0.600. The van der Waals surface area contributed by atoms with Crippen molar-refractivity contribution in [1.29, 1.82) is 0 Å². The number of alkyl halides is 2. The molecule has 0 aromatic rings. The molecule has 0 aromatic heterocycles. The van der Waals surface area contributed by atoms with Crippen LogP contribution in [0.3, 0.4) is 0 Å². The maximum atomic E-state index is 13.2. The largest absolute Gasteiger partial charge is 0.364 e. The molecule has 0 radical (unpaired) electrons. The Balaban J connectivity index is 4.48. The molecular formula is C9H16F2O. The first-order valence-electron chi connectivity index (χ1n) is 3.92. The van der Waals surface area contributed by atoms with Gasteiger partial charge in [-0.25, -0.2) is 0 Å². The number of hydrogen-bond donors (Lipinski definition) is 0. The van der Waals surface area contributed by atoms with Crippen LogP contribution in [-0.4, -0.2) is 12.2 Å². The van der Waals surface area contributed by atoms with E-state index in [9.17, 15) is 8.78 Å². The third kappa shape index (κ3) is 2.55. The average molecular weight is 178 g/mol. The molecule has 72 valence electrons. The fraction of sp³-hybridized carbons (Fsp3) is 0.778. The molecule has 12 heavy (non-hydrogen) atoms. The second kappa shape index (κ2) is 3.52. The van der Waals surface area contributed by atoms with Gasteiger partial charge in [0.25, 0.3) is 0 Å². The number of hydrogen-bond acceptors (Lipinski definition) is 1. The Kier molecular flexibility index (Phi) is 3.39. The molecule has 0 spiro atoms. The molecule has 0 aliphatic heterocycles. The van der Waals surface area contributed by atoms with Gasteiger partial charge >= 0.3 is 6.11 Å². The first kappa shape index (κ1) is 11.6. The predicted octanol–water partition coefficient (Wildman–Crippen LogP) is 3.22. The molecule has 0 fully saturated rings. The summed E-state index contributed by atoms with van der Waals surface area (Å²) in [6.45, 7) is 9.28. The molecule has 0 atom stereocenters. The molecule has 0 aliphatic carbocycles. The summed E-state index contributed by atoms with van der Waals surface area (Å²) in [6, 6.07) is 0. The summed E-state index contributed by atoms with van der Waals surface area (Å²) in [7, 11) is 0. The number of ether oxygens (including phenoxy) is 1. The van der Waals surface area contributed by atoms with E-state index in [0.717, 1.165) is 0 Å². The van der Waals surface area contributed by atoms with E-state index in [1.807, 2.05) is 0 Å². The van der Waals surface area contributed by atoms with Gasteiger partial charge in [0, 0.05) is 0 Å². The van der Waals surface area contributed by atoms with Gasteiger partial charge in [-0.1, -0.05) is 6.08 Å². The second-order valence-corrected chi connectivity index (χ2v) is 3.61. The summed E-state index contributed by atoms with van der Waals surface area (Å²) in [5, 5.41) is 0. The van der Waals surface area contributed by atoms with Gasteiger partial charge < -0.3 is 4.74 Å². The highest BCUT2D eigenvalue weighted by atomic mass is 19.3. The third-order valence-corrected chi connectivity index (χ3v) is 1.64. The van der Waals surface area contributed by atoms with E-state index in [4.69, 9.17) is 0 Å². The van der Waals surface area contributed by atoms with Gasteiger partial charge in [0.1, 0.15) is 0 Å². The van der Waals surface area contributed by atoms with Gasteiger partial charge in [-0.3, -0.25) is 0 Å². The van der Waals surface area contributed by atoms with E-state index in [2.05, 4.69) is 11.3 Å². The Morgan fingerprint density at radius 1 is 1.33 bits per heavy atom. The fourth-order valence-corrected chi connectivity index (χ4v) is 0.567. The summed E-state index contributed by atoms with van der Waals surface area (Å²) >= 11 is 0.